The van der Waals surface area contributed by atoms with Crippen molar-refractivity contribution >= 4 is 5.96 Å². The van der Waals surface area contributed by atoms with Crippen LogP contribution in [0.1, 0.15) is 11.3 Å². The molecule has 7 heteroatoms. The first-order valence-electron chi connectivity index (χ1n) is 8.91. The van der Waals surface area contributed by atoms with E-state index in [0.717, 1.165) is 22.8 Å². The molecular weight excluding hydrogens is 362 g/mol. The summed E-state index contributed by atoms with van der Waals surface area (Å²) in [4.78, 5) is 10.7. The summed E-state index contributed by atoms with van der Waals surface area (Å²) >= 11 is 0. The van der Waals surface area contributed by atoms with Crippen LogP contribution in [0, 0.1) is 11.6 Å². The Morgan fingerprint density at radius 3 is 2.36 bits per heavy atom. The lowest BCUT2D eigenvalue weighted by molar-refractivity contribution is 0.476. The average molecular weight is 384 g/mol. The molecule has 0 saturated heterocycles. The Morgan fingerprint density at radius 1 is 1.07 bits per heavy atom. The molecule has 0 fully saturated rings. The first-order chi connectivity index (χ1) is 13.5. The van der Waals surface area contributed by atoms with Gasteiger partial charge in [-0.1, -0.05) is 12.1 Å². The van der Waals surface area contributed by atoms with Crippen LogP contribution in [0.5, 0.6) is 0 Å². The van der Waals surface area contributed by atoms with E-state index in [-0.39, 0.29) is 11.6 Å². The molecule has 5 nitrogen and oxygen atoms in total. The minimum atomic E-state index is -0.295. The summed E-state index contributed by atoms with van der Waals surface area (Å²) in [5, 5.41) is 3.28. The van der Waals surface area contributed by atoms with Crippen LogP contribution in [-0.4, -0.2) is 36.5 Å². The molecule has 0 radical (unpaired) electrons. The molecule has 0 unspecified atom stereocenters. The van der Waals surface area contributed by atoms with Gasteiger partial charge in [0.1, 0.15) is 17.9 Å². The van der Waals surface area contributed by atoms with E-state index in [0.29, 0.717) is 25.4 Å². The van der Waals surface area contributed by atoms with Crippen LogP contribution >= 0.6 is 0 Å². The van der Waals surface area contributed by atoms with Crippen LogP contribution in [0.15, 0.2) is 64.2 Å². The van der Waals surface area contributed by atoms with Gasteiger partial charge in [0.2, 0.25) is 5.89 Å². The van der Waals surface area contributed by atoms with Crippen LogP contribution in [-0.2, 0) is 13.0 Å². The predicted octanol–water partition coefficient (Wildman–Crippen LogP) is 3.87. The highest BCUT2D eigenvalue weighted by atomic mass is 19.1. The van der Waals surface area contributed by atoms with Gasteiger partial charge in [0.15, 0.2) is 5.96 Å². The second-order valence-corrected chi connectivity index (χ2v) is 6.36. The number of nitrogens with one attached hydrogen (secondary N) is 1. The van der Waals surface area contributed by atoms with Crippen molar-refractivity contribution in [3.8, 4) is 11.5 Å². The highest BCUT2D eigenvalue weighted by Gasteiger charge is 2.09. The van der Waals surface area contributed by atoms with Crippen molar-refractivity contribution in [2.24, 2.45) is 4.99 Å². The summed E-state index contributed by atoms with van der Waals surface area (Å²) in [6.07, 6.45) is 2.25. The van der Waals surface area contributed by atoms with Gasteiger partial charge >= 0.3 is 0 Å². The van der Waals surface area contributed by atoms with Crippen molar-refractivity contribution in [3.63, 3.8) is 0 Å². The molecule has 1 N–H and O–H groups in total. The van der Waals surface area contributed by atoms with Crippen molar-refractivity contribution in [1.82, 2.24) is 15.2 Å². The van der Waals surface area contributed by atoms with Gasteiger partial charge in [-0.3, -0.25) is 4.99 Å². The highest BCUT2D eigenvalue weighted by Crippen LogP contribution is 2.19. The Kier molecular flexibility index (Phi) is 6.37. The molecule has 2 aromatic carbocycles. The summed E-state index contributed by atoms with van der Waals surface area (Å²) in [7, 11) is 3.63. The van der Waals surface area contributed by atoms with Gasteiger partial charge in [0, 0.05) is 39.2 Å². The number of hydrogen-bond donors (Lipinski definition) is 1. The zero-order valence-corrected chi connectivity index (χ0v) is 15.8. The fourth-order valence-electron chi connectivity index (χ4n) is 2.77. The third-order valence-corrected chi connectivity index (χ3v) is 4.21. The predicted molar refractivity (Wildman–Crippen MR) is 105 cm³/mol. The zero-order chi connectivity index (χ0) is 19.9. The van der Waals surface area contributed by atoms with E-state index in [1.165, 1.54) is 24.3 Å². The van der Waals surface area contributed by atoms with E-state index in [1.807, 2.05) is 11.9 Å². The lowest BCUT2D eigenvalue weighted by Gasteiger charge is -2.22. The molecule has 28 heavy (non-hydrogen) atoms. The number of benzene rings is 2. The number of aromatic nitrogens is 1. The van der Waals surface area contributed by atoms with Crippen molar-refractivity contribution in [2.45, 2.75) is 13.0 Å². The number of rotatable bonds is 6. The Labute approximate surface area is 162 Å². The van der Waals surface area contributed by atoms with Crippen molar-refractivity contribution < 1.29 is 13.2 Å². The summed E-state index contributed by atoms with van der Waals surface area (Å²) in [5.41, 5.74) is 2.52. The number of guanidine groups is 1. The number of nitrogens with zero attached hydrogens (tertiary/aromatic N) is 3. The number of halogens is 2. The Morgan fingerprint density at radius 2 is 1.71 bits per heavy atom. The molecule has 1 heterocycles. The molecule has 0 aliphatic heterocycles. The van der Waals surface area contributed by atoms with Gasteiger partial charge in [-0.2, -0.15) is 0 Å². The largest absolute Gasteiger partial charge is 0.444 e. The Balaban J connectivity index is 1.51. The van der Waals surface area contributed by atoms with Gasteiger partial charge < -0.3 is 14.6 Å². The molecule has 0 atom stereocenters. The lowest BCUT2D eigenvalue weighted by Crippen LogP contribution is -2.39. The van der Waals surface area contributed by atoms with Gasteiger partial charge in [-0.25, -0.2) is 13.8 Å². The normalized spacial score (nSPS) is 11.5. The van der Waals surface area contributed by atoms with E-state index in [4.69, 9.17) is 4.42 Å². The molecule has 1 aromatic heterocycles. The zero-order valence-electron chi connectivity index (χ0n) is 15.8. The first kappa shape index (κ1) is 19.5. The Bertz CT molecular complexity index is 920. The van der Waals surface area contributed by atoms with Crippen LogP contribution in [0.25, 0.3) is 11.5 Å². The molecule has 3 aromatic rings. The molecule has 0 aliphatic carbocycles. The summed E-state index contributed by atoms with van der Waals surface area (Å²) in [6, 6.07) is 12.4. The standard InChI is InChI=1S/C21H22F2N4O/c1-24-21(27(2)13-15-3-7-17(22)8-4-15)25-12-11-19-14-28-20(26-19)16-5-9-18(23)10-6-16/h3-10,14H,11-13H2,1-2H3,(H,24,25). The van der Waals surface area contributed by atoms with E-state index in [2.05, 4.69) is 15.3 Å². The number of hydrogen-bond acceptors (Lipinski definition) is 3. The fraction of sp³-hybridized carbons (Fsp3) is 0.238. The number of oxazole rings is 1. The fourth-order valence-corrected chi connectivity index (χ4v) is 2.77. The molecule has 146 valence electrons. The maximum absolute atomic E-state index is 13.0. The first-order valence-corrected chi connectivity index (χ1v) is 8.91. The minimum Gasteiger partial charge on any atom is -0.444 e. The molecule has 0 amide bonds. The van der Waals surface area contributed by atoms with Crippen LogP contribution in [0.3, 0.4) is 0 Å². The smallest absolute Gasteiger partial charge is 0.226 e. The maximum Gasteiger partial charge on any atom is 0.226 e. The number of aliphatic imine (C=N–C) groups is 1. The highest BCUT2D eigenvalue weighted by molar-refractivity contribution is 5.79. The second kappa shape index (κ2) is 9.12. The SMILES string of the molecule is CN=C(NCCc1coc(-c2ccc(F)cc2)n1)N(C)Cc1ccc(F)cc1. The van der Waals surface area contributed by atoms with Gasteiger partial charge in [-0.05, 0) is 42.0 Å². The quantitative estimate of drug-likeness (QED) is 0.518. The van der Waals surface area contributed by atoms with Crippen molar-refractivity contribution in [3.05, 3.63) is 77.7 Å². The third kappa shape index (κ3) is 5.16. The van der Waals surface area contributed by atoms with Gasteiger partial charge in [-0.15, -0.1) is 0 Å². The maximum atomic E-state index is 13.0. The average Bonchev–Trinajstić information content (AvgIpc) is 3.16. The van der Waals surface area contributed by atoms with Crippen LogP contribution in [0.4, 0.5) is 8.78 Å². The van der Waals surface area contributed by atoms with E-state index >= 15 is 0 Å². The van der Waals surface area contributed by atoms with Crippen LogP contribution < -0.4 is 5.32 Å². The Hall–Kier alpha value is -3.22. The summed E-state index contributed by atoms with van der Waals surface area (Å²) in [6.45, 7) is 1.23. The topological polar surface area (TPSA) is 53.7 Å². The molecule has 0 saturated carbocycles. The van der Waals surface area contributed by atoms with Crippen LogP contribution in [0.2, 0.25) is 0 Å². The lowest BCUT2D eigenvalue weighted by atomic mass is 10.2. The summed E-state index contributed by atoms with van der Waals surface area (Å²) in [5.74, 6) is 0.650. The van der Waals surface area contributed by atoms with Gasteiger partial charge in [0.05, 0.1) is 5.69 Å². The minimum absolute atomic E-state index is 0.249. The van der Waals surface area contributed by atoms with E-state index < -0.39 is 0 Å². The molecule has 3 rings (SSSR count). The molecule has 0 spiro atoms. The monoisotopic (exact) mass is 384 g/mol. The van der Waals surface area contributed by atoms with Crippen molar-refractivity contribution in [2.75, 3.05) is 20.6 Å². The molecule has 0 bridgehead atoms. The van der Waals surface area contributed by atoms with E-state index in [9.17, 15) is 8.78 Å². The van der Waals surface area contributed by atoms with Gasteiger partial charge in [0.25, 0.3) is 0 Å². The molecular formula is C21H22F2N4O. The summed E-state index contributed by atoms with van der Waals surface area (Å²) < 4.78 is 31.5. The molecule has 0 aliphatic rings. The third-order valence-electron chi connectivity index (χ3n) is 4.21. The van der Waals surface area contributed by atoms with Crippen molar-refractivity contribution in [1.29, 1.82) is 0 Å². The second-order valence-electron chi connectivity index (χ2n) is 6.36. The van der Waals surface area contributed by atoms with E-state index in [1.54, 1.807) is 37.6 Å².